The Balaban J connectivity index is 1.13. The number of nitrogens with zero attached hydrogens (tertiary/aromatic N) is 1. The number of rotatable bonds is 6. The molecule has 0 spiro atoms. The topological polar surface area (TPSA) is 16.4 Å². The van der Waals surface area contributed by atoms with E-state index in [9.17, 15) is 0 Å². The highest BCUT2D eigenvalue weighted by Crippen LogP contribution is 2.40. The summed E-state index contributed by atoms with van der Waals surface area (Å²) in [7, 11) is 0. The van der Waals surface area contributed by atoms with Crippen molar-refractivity contribution in [2.75, 3.05) is 4.90 Å². The fraction of sp³-hybridized carbons (Fsp3) is 0. The number of benzene rings is 7. The van der Waals surface area contributed by atoms with Crippen LogP contribution in [0.5, 0.6) is 0 Å². The molecular formula is C42H29NO. The van der Waals surface area contributed by atoms with Crippen molar-refractivity contribution in [2.45, 2.75) is 0 Å². The first kappa shape index (κ1) is 25.8. The lowest BCUT2D eigenvalue weighted by Crippen LogP contribution is -2.10. The van der Waals surface area contributed by atoms with Crippen LogP contribution in [-0.4, -0.2) is 0 Å². The fourth-order valence-electron chi connectivity index (χ4n) is 6.12. The summed E-state index contributed by atoms with van der Waals surface area (Å²) in [5, 5.41) is 3.56. The van der Waals surface area contributed by atoms with Crippen LogP contribution in [0.3, 0.4) is 0 Å². The van der Waals surface area contributed by atoms with Gasteiger partial charge < -0.3 is 9.32 Å². The first-order chi connectivity index (χ1) is 21.8. The fourth-order valence-corrected chi connectivity index (χ4v) is 6.12. The van der Waals surface area contributed by atoms with E-state index in [4.69, 9.17) is 4.42 Å². The third kappa shape index (κ3) is 4.73. The van der Waals surface area contributed by atoms with E-state index in [0.717, 1.165) is 50.5 Å². The summed E-state index contributed by atoms with van der Waals surface area (Å²) in [6.45, 7) is 0. The molecule has 2 nitrogen and oxygen atoms in total. The van der Waals surface area contributed by atoms with Crippen LogP contribution < -0.4 is 4.90 Å². The minimum Gasteiger partial charge on any atom is -0.456 e. The number of para-hydroxylation sites is 2. The van der Waals surface area contributed by atoms with E-state index >= 15 is 0 Å². The molecule has 8 aromatic rings. The molecule has 0 radical (unpaired) electrons. The second-order valence-electron chi connectivity index (χ2n) is 11.0. The largest absolute Gasteiger partial charge is 0.456 e. The molecule has 0 saturated carbocycles. The van der Waals surface area contributed by atoms with Crippen molar-refractivity contribution >= 4 is 38.8 Å². The number of furan rings is 1. The lowest BCUT2D eigenvalue weighted by Gasteiger charge is -2.27. The van der Waals surface area contributed by atoms with Gasteiger partial charge in [0.1, 0.15) is 11.3 Å². The van der Waals surface area contributed by atoms with Crippen LogP contribution in [0.15, 0.2) is 180 Å². The SMILES string of the molecule is c1ccc(N(c2ccc(-c3ccc(-c4ccccc4-c4cc5ccccc5o4)cc3)cc2)c2cccc3ccccc23)cc1. The van der Waals surface area contributed by atoms with Crippen molar-refractivity contribution in [1.82, 2.24) is 0 Å². The van der Waals surface area contributed by atoms with Crippen molar-refractivity contribution in [1.29, 1.82) is 0 Å². The Morgan fingerprint density at radius 2 is 0.955 bits per heavy atom. The van der Waals surface area contributed by atoms with Crippen LogP contribution >= 0.6 is 0 Å². The lowest BCUT2D eigenvalue weighted by molar-refractivity contribution is 0.632. The minimum atomic E-state index is 0.885. The van der Waals surface area contributed by atoms with E-state index in [2.05, 4.69) is 163 Å². The highest BCUT2D eigenvalue weighted by molar-refractivity contribution is 5.99. The summed E-state index contributed by atoms with van der Waals surface area (Å²) >= 11 is 0. The zero-order chi connectivity index (χ0) is 29.3. The van der Waals surface area contributed by atoms with Crippen LogP contribution in [0.1, 0.15) is 0 Å². The predicted molar refractivity (Wildman–Crippen MR) is 185 cm³/mol. The van der Waals surface area contributed by atoms with Gasteiger partial charge in [-0.1, -0.05) is 133 Å². The molecule has 0 saturated heterocycles. The van der Waals surface area contributed by atoms with E-state index in [0.29, 0.717) is 0 Å². The quantitative estimate of drug-likeness (QED) is 0.200. The van der Waals surface area contributed by atoms with Gasteiger partial charge in [-0.2, -0.15) is 0 Å². The van der Waals surface area contributed by atoms with Crippen LogP contribution in [0, 0.1) is 0 Å². The Bertz CT molecular complexity index is 2170. The maximum absolute atomic E-state index is 6.22. The van der Waals surface area contributed by atoms with E-state index in [1.54, 1.807) is 0 Å². The Morgan fingerprint density at radius 1 is 0.386 bits per heavy atom. The number of anilines is 3. The Morgan fingerprint density at radius 3 is 1.73 bits per heavy atom. The molecule has 208 valence electrons. The minimum absolute atomic E-state index is 0.885. The van der Waals surface area contributed by atoms with Crippen molar-refractivity contribution in [3.63, 3.8) is 0 Å². The molecule has 8 rings (SSSR count). The second kappa shape index (κ2) is 11.1. The lowest BCUT2D eigenvalue weighted by atomic mass is 9.96. The second-order valence-corrected chi connectivity index (χ2v) is 11.0. The van der Waals surface area contributed by atoms with Gasteiger partial charge in [0, 0.05) is 27.7 Å². The molecule has 1 aromatic heterocycles. The average molecular weight is 564 g/mol. The summed E-state index contributed by atoms with van der Waals surface area (Å²) in [6.07, 6.45) is 0. The van der Waals surface area contributed by atoms with Crippen LogP contribution in [0.25, 0.3) is 55.3 Å². The summed E-state index contributed by atoms with van der Waals surface area (Å²) in [5.74, 6) is 0.885. The van der Waals surface area contributed by atoms with Gasteiger partial charge in [-0.15, -0.1) is 0 Å². The normalized spacial score (nSPS) is 11.2. The van der Waals surface area contributed by atoms with Crippen LogP contribution in [-0.2, 0) is 0 Å². The summed E-state index contributed by atoms with van der Waals surface area (Å²) in [5.41, 5.74) is 10.1. The van der Waals surface area contributed by atoms with Gasteiger partial charge in [-0.25, -0.2) is 0 Å². The highest BCUT2D eigenvalue weighted by Gasteiger charge is 2.16. The van der Waals surface area contributed by atoms with E-state index in [1.165, 1.54) is 21.9 Å². The molecule has 44 heavy (non-hydrogen) atoms. The van der Waals surface area contributed by atoms with Crippen molar-refractivity contribution in [3.05, 3.63) is 176 Å². The number of fused-ring (bicyclic) bond motifs is 2. The van der Waals surface area contributed by atoms with Gasteiger partial charge in [0.15, 0.2) is 0 Å². The zero-order valence-corrected chi connectivity index (χ0v) is 24.1. The molecule has 0 atom stereocenters. The molecule has 7 aromatic carbocycles. The third-order valence-corrected chi connectivity index (χ3v) is 8.29. The third-order valence-electron chi connectivity index (χ3n) is 8.29. The van der Waals surface area contributed by atoms with Crippen LogP contribution in [0.2, 0.25) is 0 Å². The summed E-state index contributed by atoms with van der Waals surface area (Å²) in [4.78, 5) is 2.34. The molecule has 0 aliphatic rings. The summed E-state index contributed by atoms with van der Waals surface area (Å²) < 4.78 is 6.22. The molecule has 1 heterocycles. The monoisotopic (exact) mass is 563 g/mol. The van der Waals surface area contributed by atoms with Gasteiger partial charge in [0.25, 0.3) is 0 Å². The molecule has 0 aliphatic carbocycles. The van der Waals surface area contributed by atoms with E-state index in [-0.39, 0.29) is 0 Å². The van der Waals surface area contributed by atoms with E-state index < -0.39 is 0 Å². The van der Waals surface area contributed by atoms with Gasteiger partial charge >= 0.3 is 0 Å². The Labute approximate surface area is 257 Å². The standard InChI is InChI=1S/C42H29NO/c1-2-14-35(15-3-1)43(40-19-10-13-32-11-4-6-17-38(32)40)36-27-25-31(26-28-36)30-21-23-33(24-22-30)37-16-7-8-18-39(37)42-29-34-12-5-9-20-41(34)44-42/h1-29H. The summed E-state index contributed by atoms with van der Waals surface area (Å²) in [6, 6.07) is 62.1. The van der Waals surface area contributed by atoms with Crippen molar-refractivity contribution < 1.29 is 4.42 Å². The van der Waals surface area contributed by atoms with Gasteiger partial charge in [0.2, 0.25) is 0 Å². The maximum atomic E-state index is 6.22. The maximum Gasteiger partial charge on any atom is 0.136 e. The Kier molecular flexibility index (Phi) is 6.51. The van der Waals surface area contributed by atoms with Crippen LogP contribution in [0.4, 0.5) is 17.1 Å². The predicted octanol–water partition coefficient (Wildman–Crippen LogP) is 12.1. The Hall–Kier alpha value is -5.86. The molecule has 0 fully saturated rings. The molecule has 0 amide bonds. The molecule has 2 heteroatoms. The molecule has 0 bridgehead atoms. The highest BCUT2D eigenvalue weighted by atomic mass is 16.3. The molecule has 0 aliphatic heterocycles. The van der Waals surface area contributed by atoms with Crippen molar-refractivity contribution in [2.24, 2.45) is 0 Å². The van der Waals surface area contributed by atoms with E-state index in [1.807, 2.05) is 18.2 Å². The first-order valence-corrected chi connectivity index (χ1v) is 14.9. The van der Waals surface area contributed by atoms with Crippen molar-refractivity contribution in [3.8, 4) is 33.6 Å². The van der Waals surface area contributed by atoms with Gasteiger partial charge in [-0.3, -0.25) is 0 Å². The molecule has 0 unspecified atom stereocenters. The van der Waals surface area contributed by atoms with Gasteiger partial charge in [-0.05, 0) is 70.1 Å². The van der Waals surface area contributed by atoms with Gasteiger partial charge in [0.05, 0.1) is 5.69 Å². The number of hydrogen-bond donors (Lipinski definition) is 0. The average Bonchev–Trinajstić information content (AvgIpc) is 3.54. The molecule has 0 N–H and O–H groups in total. The zero-order valence-electron chi connectivity index (χ0n) is 24.1. The smallest absolute Gasteiger partial charge is 0.136 e. The first-order valence-electron chi connectivity index (χ1n) is 14.9. The molecular weight excluding hydrogens is 534 g/mol. The number of hydrogen-bond acceptors (Lipinski definition) is 2.